The van der Waals surface area contributed by atoms with E-state index in [0.29, 0.717) is 11.6 Å². The summed E-state index contributed by atoms with van der Waals surface area (Å²) < 4.78 is 0. The quantitative estimate of drug-likeness (QED) is 0.636. The molecule has 32 heavy (non-hydrogen) atoms. The summed E-state index contributed by atoms with van der Waals surface area (Å²) in [5, 5.41) is 5.81. The minimum absolute atomic E-state index is 0.0214. The molecule has 0 saturated carbocycles. The van der Waals surface area contributed by atoms with E-state index >= 15 is 0 Å². The number of anilines is 1. The van der Waals surface area contributed by atoms with Gasteiger partial charge in [0.05, 0.1) is 6.04 Å². The lowest BCUT2D eigenvalue weighted by atomic mass is 9.78. The molecule has 0 aromatic heterocycles. The third kappa shape index (κ3) is 3.11. The maximum atomic E-state index is 13.9. The smallest absolute Gasteiger partial charge is 0.254 e. The van der Waals surface area contributed by atoms with Gasteiger partial charge < -0.3 is 10.2 Å². The summed E-state index contributed by atoms with van der Waals surface area (Å²) in [5.74, 6) is -0.114. The summed E-state index contributed by atoms with van der Waals surface area (Å²) in [6.45, 7) is 0.649. The molecule has 5 rings (SSSR count). The normalized spacial score (nSPS) is 23.1. The Morgan fingerprint density at radius 3 is 2.62 bits per heavy atom. The van der Waals surface area contributed by atoms with Gasteiger partial charge in [-0.25, -0.2) is 0 Å². The van der Waals surface area contributed by atoms with Crippen molar-refractivity contribution in [3.63, 3.8) is 0 Å². The van der Waals surface area contributed by atoms with E-state index in [9.17, 15) is 9.59 Å². The molecule has 1 N–H and O–H groups in total. The van der Waals surface area contributed by atoms with Gasteiger partial charge in [0.1, 0.15) is 0 Å². The largest absolute Gasteiger partial charge is 0.347 e. The summed E-state index contributed by atoms with van der Waals surface area (Å²) in [4.78, 5) is 30.9. The number of likely N-dealkylation sites (N-methyl/N-ethyl adjacent to an activating group) is 1. The number of benzene rings is 3. The van der Waals surface area contributed by atoms with Gasteiger partial charge >= 0.3 is 0 Å². The lowest BCUT2D eigenvalue weighted by Gasteiger charge is -2.47. The number of piperidine rings is 1. The molecular formula is C26H26ClN3O2. The number of carbonyl (C=O) groups is 2. The highest BCUT2D eigenvalue weighted by Gasteiger charge is 2.56. The second-order valence-corrected chi connectivity index (χ2v) is 9.29. The molecule has 2 aliphatic heterocycles. The summed E-state index contributed by atoms with van der Waals surface area (Å²) in [6, 6.07) is 19.4. The number of hydrogen-bond acceptors (Lipinski definition) is 3. The fourth-order valence-electron chi connectivity index (χ4n) is 5.30. The monoisotopic (exact) mass is 447 g/mol. The van der Waals surface area contributed by atoms with Crippen molar-refractivity contribution in [3.05, 3.63) is 76.8 Å². The molecule has 1 fully saturated rings. The molecule has 2 amide bonds. The lowest BCUT2D eigenvalue weighted by Crippen LogP contribution is -2.61. The molecule has 0 radical (unpaired) electrons. The first kappa shape index (κ1) is 21.0. The lowest BCUT2D eigenvalue weighted by molar-refractivity contribution is -0.142. The van der Waals surface area contributed by atoms with Crippen molar-refractivity contribution in [2.24, 2.45) is 0 Å². The van der Waals surface area contributed by atoms with Crippen molar-refractivity contribution in [2.45, 2.75) is 30.8 Å². The molecule has 3 aromatic rings. The first-order valence-electron chi connectivity index (χ1n) is 11.0. The van der Waals surface area contributed by atoms with Crippen LogP contribution >= 0.6 is 11.6 Å². The van der Waals surface area contributed by atoms with Crippen molar-refractivity contribution in [3.8, 4) is 0 Å². The molecule has 3 aromatic carbocycles. The zero-order valence-corrected chi connectivity index (χ0v) is 19.0. The van der Waals surface area contributed by atoms with Crippen LogP contribution in [0.25, 0.3) is 10.8 Å². The van der Waals surface area contributed by atoms with Gasteiger partial charge in [-0.1, -0.05) is 54.4 Å². The standard InChI is InChI=1S/C26H26ClN3O2/c1-29(2)24(31)23-9-5-6-14-30(23)26(19-11-10-17-7-3-4-8-18(17)15-19)21-16-20(27)12-13-22(21)28-25(26)32/h3-4,7-8,10-13,15-16,23H,5-6,9,14H2,1-2H3,(H,28,32)/t23-,26?/m0/s1. The fourth-order valence-corrected chi connectivity index (χ4v) is 5.47. The molecular weight excluding hydrogens is 422 g/mol. The molecule has 2 atom stereocenters. The number of rotatable bonds is 3. The number of fused-ring (bicyclic) bond motifs is 2. The predicted octanol–water partition coefficient (Wildman–Crippen LogP) is 4.63. The van der Waals surface area contributed by atoms with E-state index in [-0.39, 0.29) is 17.9 Å². The third-order valence-corrected chi connectivity index (χ3v) is 7.01. The molecule has 2 heterocycles. The summed E-state index contributed by atoms with van der Waals surface area (Å²) in [7, 11) is 3.55. The van der Waals surface area contributed by atoms with Crippen molar-refractivity contribution in [2.75, 3.05) is 26.0 Å². The average molecular weight is 448 g/mol. The van der Waals surface area contributed by atoms with Crippen LogP contribution in [0.1, 0.15) is 30.4 Å². The van der Waals surface area contributed by atoms with Gasteiger partial charge in [-0.2, -0.15) is 0 Å². The fraction of sp³-hybridized carbons (Fsp3) is 0.308. The highest BCUT2D eigenvalue weighted by Crippen LogP contribution is 2.49. The Kier molecular flexibility index (Phi) is 5.19. The molecule has 1 saturated heterocycles. The van der Waals surface area contributed by atoms with Crippen LogP contribution in [0, 0.1) is 0 Å². The molecule has 164 valence electrons. The predicted molar refractivity (Wildman–Crippen MR) is 128 cm³/mol. The summed E-state index contributed by atoms with van der Waals surface area (Å²) in [5.41, 5.74) is 1.28. The number of nitrogens with zero attached hydrogens (tertiary/aromatic N) is 2. The van der Waals surface area contributed by atoms with Crippen LogP contribution in [0.5, 0.6) is 0 Å². The SMILES string of the molecule is CN(C)C(=O)[C@@H]1CCCCN1C1(c2ccc3ccccc3c2)C(=O)Nc2ccc(Cl)cc21. The van der Waals surface area contributed by atoms with Gasteiger partial charge in [0.25, 0.3) is 5.91 Å². The molecule has 0 spiro atoms. The summed E-state index contributed by atoms with van der Waals surface area (Å²) >= 11 is 6.44. The Bertz CT molecular complexity index is 1220. The van der Waals surface area contributed by atoms with E-state index in [1.54, 1.807) is 25.1 Å². The van der Waals surface area contributed by atoms with Gasteiger partial charge in [-0.05, 0) is 53.4 Å². The van der Waals surface area contributed by atoms with E-state index < -0.39 is 5.54 Å². The molecule has 0 bridgehead atoms. The molecule has 0 aliphatic carbocycles. The van der Waals surface area contributed by atoms with Crippen LogP contribution in [0.2, 0.25) is 5.02 Å². The highest BCUT2D eigenvalue weighted by molar-refractivity contribution is 6.31. The van der Waals surface area contributed by atoms with Crippen LogP contribution in [0.15, 0.2) is 60.7 Å². The van der Waals surface area contributed by atoms with Crippen LogP contribution in [0.4, 0.5) is 5.69 Å². The van der Waals surface area contributed by atoms with E-state index in [0.717, 1.165) is 46.8 Å². The molecule has 2 aliphatic rings. The van der Waals surface area contributed by atoms with Gasteiger partial charge in [0.15, 0.2) is 5.54 Å². The number of halogens is 1. The first-order valence-corrected chi connectivity index (χ1v) is 11.4. The Hall–Kier alpha value is -2.89. The minimum Gasteiger partial charge on any atom is -0.347 e. The van der Waals surface area contributed by atoms with Crippen LogP contribution in [0.3, 0.4) is 0 Å². The zero-order valence-electron chi connectivity index (χ0n) is 18.3. The summed E-state index contributed by atoms with van der Waals surface area (Å²) in [6.07, 6.45) is 2.60. The number of likely N-dealkylation sites (tertiary alicyclic amines) is 1. The second kappa shape index (κ2) is 7.91. The molecule has 1 unspecified atom stereocenters. The third-order valence-electron chi connectivity index (χ3n) is 6.77. The van der Waals surface area contributed by atoms with E-state index in [1.807, 2.05) is 30.3 Å². The Morgan fingerprint density at radius 1 is 1.06 bits per heavy atom. The van der Waals surface area contributed by atoms with Gasteiger partial charge in [-0.15, -0.1) is 0 Å². The number of carbonyl (C=O) groups excluding carboxylic acids is 2. The molecule has 5 nitrogen and oxygen atoms in total. The van der Waals surface area contributed by atoms with Crippen molar-refractivity contribution < 1.29 is 9.59 Å². The van der Waals surface area contributed by atoms with Crippen LogP contribution in [-0.4, -0.2) is 48.3 Å². The van der Waals surface area contributed by atoms with Gasteiger partial charge in [0, 0.05) is 36.9 Å². The Balaban J connectivity index is 1.79. The van der Waals surface area contributed by atoms with Crippen molar-refractivity contribution in [1.82, 2.24) is 9.80 Å². The molecule has 6 heteroatoms. The van der Waals surface area contributed by atoms with E-state index in [1.165, 1.54) is 0 Å². The van der Waals surface area contributed by atoms with Gasteiger partial charge in [0.2, 0.25) is 5.91 Å². The average Bonchev–Trinajstić information content (AvgIpc) is 3.09. The van der Waals surface area contributed by atoms with E-state index in [4.69, 9.17) is 11.6 Å². The Morgan fingerprint density at radius 2 is 1.84 bits per heavy atom. The van der Waals surface area contributed by atoms with Crippen molar-refractivity contribution in [1.29, 1.82) is 0 Å². The number of amides is 2. The van der Waals surface area contributed by atoms with Crippen molar-refractivity contribution >= 4 is 39.9 Å². The van der Waals surface area contributed by atoms with Crippen LogP contribution < -0.4 is 5.32 Å². The second-order valence-electron chi connectivity index (χ2n) is 8.85. The van der Waals surface area contributed by atoms with Gasteiger partial charge in [-0.3, -0.25) is 14.5 Å². The minimum atomic E-state index is -1.12. The maximum Gasteiger partial charge on any atom is 0.254 e. The van der Waals surface area contributed by atoms with E-state index in [2.05, 4.69) is 34.5 Å². The number of nitrogens with one attached hydrogen (secondary N) is 1. The highest BCUT2D eigenvalue weighted by atomic mass is 35.5. The first-order chi connectivity index (χ1) is 15.4. The number of hydrogen-bond donors (Lipinski definition) is 1. The topological polar surface area (TPSA) is 52.7 Å². The zero-order chi connectivity index (χ0) is 22.5. The van der Waals surface area contributed by atoms with Crippen LogP contribution in [-0.2, 0) is 15.1 Å². The Labute approximate surface area is 193 Å². The maximum absolute atomic E-state index is 13.9.